The lowest BCUT2D eigenvalue weighted by Gasteiger charge is -2.15. The third-order valence-electron chi connectivity index (χ3n) is 3.64. The van der Waals surface area contributed by atoms with E-state index in [2.05, 4.69) is 11.1 Å². The summed E-state index contributed by atoms with van der Waals surface area (Å²) in [6.45, 7) is 4.38. The van der Waals surface area contributed by atoms with E-state index in [-0.39, 0.29) is 6.04 Å². The van der Waals surface area contributed by atoms with Gasteiger partial charge in [-0.25, -0.2) is 9.78 Å². The molecule has 2 heterocycles. The van der Waals surface area contributed by atoms with Gasteiger partial charge in [0.2, 0.25) is 0 Å². The molecule has 2 aromatic heterocycles. The molecule has 0 saturated carbocycles. The van der Waals surface area contributed by atoms with Crippen LogP contribution in [0.15, 0.2) is 45.7 Å². The fourth-order valence-corrected chi connectivity index (χ4v) is 2.52. The summed E-state index contributed by atoms with van der Waals surface area (Å²) < 4.78 is 6.67. The minimum atomic E-state index is -0.426. The van der Waals surface area contributed by atoms with Crippen molar-refractivity contribution < 1.29 is 4.42 Å². The molecular weight excluding hydrogens is 266 g/mol. The summed E-state index contributed by atoms with van der Waals surface area (Å²) in [6, 6.07) is 9.32. The number of pyridine rings is 1. The molecule has 1 atom stereocenters. The van der Waals surface area contributed by atoms with Crippen LogP contribution in [0.3, 0.4) is 0 Å². The largest absolute Gasteiger partial charge is 0.421 e. The number of fused-ring (bicyclic) bond motifs is 1. The second kappa shape index (κ2) is 5.18. The summed E-state index contributed by atoms with van der Waals surface area (Å²) in [5.74, 6) is -0.426. The van der Waals surface area contributed by atoms with E-state index in [1.165, 1.54) is 4.57 Å². The normalized spacial score (nSPS) is 12.7. The Balaban J connectivity index is 2.00. The van der Waals surface area contributed by atoms with Crippen molar-refractivity contribution in [3.8, 4) is 0 Å². The van der Waals surface area contributed by atoms with Crippen LogP contribution >= 0.6 is 0 Å². The number of aromatic nitrogens is 2. The first-order valence-electron chi connectivity index (χ1n) is 6.83. The summed E-state index contributed by atoms with van der Waals surface area (Å²) in [4.78, 5) is 16.2. The predicted octanol–water partition coefficient (Wildman–Crippen LogP) is 2.31. The molecule has 0 spiro atoms. The topological polar surface area (TPSA) is 74.0 Å². The van der Waals surface area contributed by atoms with Gasteiger partial charge in [-0.3, -0.25) is 4.57 Å². The highest BCUT2D eigenvalue weighted by atomic mass is 16.4. The summed E-state index contributed by atoms with van der Waals surface area (Å²) >= 11 is 0. The third-order valence-corrected chi connectivity index (χ3v) is 3.64. The van der Waals surface area contributed by atoms with E-state index in [0.29, 0.717) is 17.8 Å². The zero-order chi connectivity index (χ0) is 15.0. The Kier molecular flexibility index (Phi) is 3.35. The first kappa shape index (κ1) is 13.6. The molecule has 0 amide bonds. The maximum atomic E-state index is 12.0. The Morgan fingerprint density at radius 3 is 2.95 bits per heavy atom. The molecular formula is C16H17N3O2. The lowest BCUT2D eigenvalue weighted by atomic mass is 9.99. The van der Waals surface area contributed by atoms with Gasteiger partial charge in [-0.05, 0) is 37.1 Å². The van der Waals surface area contributed by atoms with Gasteiger partial charge < -0.3 is 10.2 Å². The molecule has 5 nitrogen and oxygen atoms in total. The van der Waals surface area contributed by atoms with Crippen molar-refractivity contribution in [3.63, 3.8) is 0 Å². The van der Waals surface area contributed by atoms with E-state index in [1.54, 1.807) is 18.3 Å². The van der Waals surface area contributed by atoms with Crippen LogP contribution in [0.4, 0.5) is 0 Å². The molecule has 2 N–H and O–H groups in total. The Morgan fingerprint density at radius 2 is 2.14 bits per heavy atom. The number of nitrogens with zero attached hydrogens (tertiary/aromatic N) is 2. The van der Waals surface area contributed by atoms with E-state index >= 15 is 0 Å². The number of nitrogens with two attached hydrogens (primary N) is 1. The number of oxazole rings is 1. The number of hydrogen-bond donors (Lipinski definition) is 1. The van der Waals surface area contributed by atoms with Gasteiger partial charge in [-0.2, -0.15) is 0 Å². The van der Waals surface area contributed by atoms with Crippen molar-refractivity contribution in [1.29, 1.82) is 0 Å². The highest BCUT2D eigenvalue weighted by molar-refractivity contribution is 5.67. The lowest BCUT2D eigenvalue weighted by Crippen LogP contribution is -2.24. The van der Waals surface area contributed by atoms with E-state index in [0.717, 1.165) is 16.7 Å². The second-order valence-electron chi connectivity index (χ2n) is 5.27. The smallest absolute Gasteiger partial charge is 0.406 e. The Labute approximate surface area is 122 Å². The molecule has 5 heteroatoms. The Morgan fingerprint density at radius 1 is 1.33 bits per heavy atom. The van der Waals surface area contributed by atoms with Crippen molar-refractivity contribution in [1.82, 2.24) is 9.55 Å². The summed E-state index contributed by atoms with van der Waals surface area (Å²) in [5.41, 5.74) is 10.6. The van der Waals surface area contributed by atoms with Crippen LogP contribution in [-0.2, 0) is 6.54 Å². The highest BCUT2D eigenvalue weighted by Crippen LogP contribution is 2.20. The zero-order valence-corrected chi connectivity index (χ0v) is 12.0. The molecule has 3 aromatic rings. The molecule has 0 aliphatic heterocycles. The molecule has 0 aliphatic rings. The van der Waals surface area contributed by atoms with Gasteiger partial charge in [0, 0.05) is 12.2 Å². The molecule has 0 saturated heterocycles. The summed E-state index contributed by atoms with van der Waals surface area (Å²) in [5, 5.41) is 0. The van der Waals surface area contributed by atoms with Crippen LogP contribution in [0.25, 0.3) is 11.2 Å². The van der Waals surface area contributed by atoms with Gasteiger partial charge in [0.25, 0.3) is 0 Å². The second-order valence-corrected chi connectivity index (χ2v) is 5.27. The zero-order valence-electron chi connectivity index (χ0n) is 12.0. The fraction of sp³-hybridized carbons (Fsp3) is 0.250. The van der Waals surface area contributed by atoms with E-state index < -0.39 is 5.76 Å². The van der Waals surface area contributed by atoms with Crippen LogP contribution in [-0.4, -0.2) is 9.55 Å². The predicted molar refractivity (Wildman–Crippen MR) is 81.1 cm³/mol. The van der Waals surface area contributed by atoms with Gasteiger partial charge in [0.15, 0.2) is 11.2 Å². The van der Waals surface area contributed by atoms with Crippen molar-refractivity contribution in [2.75, 3.05) is 0 Å². The Bertz CT molecular complexity index is 848. The molecule has 21 heavy (non-hydrogen) atoms. The van der Waals surface area contributed by atoms with E-state index in [9.17, 15) is 4.79 Å². The number of rotatable bonds is 3. The number of benzene rings is 1. The molecule has 0 fully saturated rings. The van der Waals surface area contributed by atoms with Crippen LogP contribution in [0.5, 0.6) is 0 Å². The molecule has 0 bridgehead atoms. The van der Waals surface area contributed by atoms with Crippen molar-refractivity contribution in [3.05, 3.63) is 63.8 Å². The standard InChI is InChI=1S/C16H17N3O2/c1-10-5-6-11(2)12(8-10)13(17)9-19-15-14(21-16(19)20)4-3-7-18-15/h3-8,13H,9,17H2,1-2H3. The van der Waals surface area contributed by atoms with Crippen LogP contribution in [0.2, 0.25) is 0 Å². The van der Waals surface area contributed by atoms with Crippen LogP contribution < -0.4 is 11.5 Å². The van der Waals surface area contributed by atoms with Crippen molar-refractivity contribution in [2.45, 2.75) is 26.4 Å². The maximum absolute atomic E-state index is 12.0. The van der Waals surface area contributed by atoms with Gasteiger partial charge in [0.1, 0.15) is 0 Å². The van der Waals surface area contributed by atoms with E-state index in [4.69, 9.17) is 10.2 Å². The molecule has 1 aromatic carbocycles. The number of hydrogen-bond acceptors (Lipinski definition) is 4. The summed E-state index contributed by atoms with van der Waals surface area (Å²) in [6.07, 6.45) is 1.64. The molecule has 0 aliphatic carbocycles. The van der Waals surface area contributed by atoms with Gasteiger partial charge in [-0.1, -0.05) is 23.8 Å². The average Bonchev–Trinajstić information content (AvgIpc) is 2.78. The quantitative estimate of drug-likeness (QED) is 0.800. The first-order valence-corrected chi connectivity index (χ1v) is 6.83. The maximum Gasteiger partial charge on any atom is 0.421 e. The summed E-state index contributed by atoms with van der Waals surface area (Å²) in [7, 11) is 0. The monoisotopic (exact) mass is 283 g/mol. The minimum Gasteiger partial charge on any atom is -0.406 e. The molecule has 3 rings (SSSR count). The minimum absolute atomic E-state index is 0.287. The van der Waals surface area contributed by atoms with Crippen LogP contribution in [0.1, 0.15) is 22.7 Å². The number of aryl methyl sites for hydroxylation is 2. The van der Waals surface area contributed by atoms with Gasteiger partial charge in [-0.15, -0.1) is 0 Å². The van der Waals surface area contributed by atoms with Gasteiger partial charge >= 0.3 is 5.76 Å². The fourth-order valence-electron chi connectivity index (χ4n) is 2.52. The van der Waals surface area contributed by atoms with Crippen molar-refractivity contribution in [2.24, 2.45) is 5.73 Å². The van der Waals surface area contributed by atoms with E-state index in [1.807, 2.05) is 26.0 Å². The van der Waals surface area contributed by atoms with Crippen LogP contribution in [0, 0.1) is 13.8 Å². The SMILES string of the molecule is Cc1ccc(C)c(C(N)Cn2c(=O)oc3cccnc32)c1. The Hall–Kier alpha value is -2.40. The lowest BCUT2D eigenvalue weighted by molar-refractivity contribution is 0.479. The average molecular weight is 283 g/mol. The molecule has 0 radical (unpaired) electrons. The highest BCUT2D eigenvalue weighted by Gasteiger charge is 2.16. The van der Waals surface area contributed by atoms with Gasteiger partial charge in [0.05, 0.1) is 6.54 Å². The first-order chi connectivity index (χ1) is 10.1. The van der Waals surface area contributed by atoms with Crippen molar-refractivity contribution >= 4 is 11.2 Å². The third kappa shape index (κ3) is 2.48. The molecule has 1 unspecified atom stereocenters. The molecule has 108 valence electrons.